The van der Waals surface area contributed by atoms with E-state index in [9.17, 15) is 0 Å². The molecule has 16 heavy (non-hydrogen) atoms. The summed E-state index contributed by atoms with van der Waals surface area (Å²) in [4.78, 5) is 0. The van der Waals surface area contributed by atoms with E-state index in [1.807, 2.05) is 12.1 Å². The molecule has 3 nitrogen and oxygen atoms in total. The maximum absolute atomic E-state index is 5.37. The van der Waals surface area contributed by atoms with Crippen molar-refractivity contribution in [3.8, 4) is 5.75 Å². The number of nitrogens with one attached hydrogen (secondary N) is 1. The van der Waals surface area contributed by atoms with Gasteiger partial charge in [0.15, 0.2) is 0 Å². The first kappa shape index (κ1) is 13.5. The second kappa shape index (κ2) is 6.89. The lowest BCUT2D eigenvalue weighted by atomic mass is 10.1. The molecule has 90 valence electrons. The van der Waals surface area contributed by atoms with Gasteiger partial charge in [-0.25, -0.2) is 0 Å². The minimum absolute atomic E-state index is 0.165. The number of ether oxygens (including phenoxy) is 2. The van der Waals surface area contributed by atoms with Gasteiger partial charge in [-0.15, -0.1) is 0 Å². The fraction of sp³-hybridized carbons (Fsp3) is 0.500. The number of hydrogen-bond acceptors (Lipinski definition) is 3. The van der Waals surface area contributed by atoms with Crippen LogP contribution in [0.15, 0.2) is 22.7 Å². The SMILES string of the molecule is CCNC(COC)c1ccc(Br)cc1OC. The first-order valence-electron chi connectivity index (χ1n) is 5.28. The van der Waals surface area contributed by atoms with E-state index in [0.717, 1.165) is 22.3 Å². The van der Waals surface area contributed by atoms with Crippen molar-refractivity contribution in [2.75, 3.05) is 27.4 Å². The van der Waals surface area contributed by atoms with E-state index in [0.29, 0.717) is 6.61 Å². The Kier molecular flexibility index (Phi) is 5.80. The predicted molar refractivity (Wildman–Crippen MR) is 69.0 cm³/mol. The lowest BCUT2D eigenvalue weighted by Gasteiger charge is -2.20. The van der Waals surface area contributed by atoms with Crippen LogP contribution in [0.2, 0.25) is 0 Å². The normalized spacial score (nSPS) is 12.5. The largest absolute Gasteiger partial charge is 0.496 e. The zero-order chi connectivity index (χ0) is 12.0. The van der Waals surface area contributed by atoms with Crippen molar-refractivity contribution < 1.29 is 9.47 Å². The Morgan fingerprint density at radius 3 is 2.69 bits per heavy atom. The summed E-state index contributed by atoms with van der Waals surface area (Å²) in [6, 6.07) is 6.20. The Balaban J connectivity index is 2.97. The van der Waals surface area contributed by atoms with Crippen molar-refractivity contribution in [1.29, 1.82) is 0 Å². The summed E-state index contributed by atoms with van der Waals surface area (Å²) in [5.41, 5.74) is 1.12. The first-order chi connectivity index (χ1) is 7.72. The monoisotopic (exact) mass is 287 g/mol. The molecule has 0 aliphatic carbocycles. The van der Waals surface area contributed by atoms with E-state index in [1.54, 1.807) is 14.2 Å². The fourth-order valence-electron chi connectivity index (χ4n) is 1.64. The van der Waals surface area contributed by atoms with E-state index in [4.69, 9.17) is 9.47 Å². The van der Waals surface area contributed by atoms with Crippen LogP contribution in [0.3, 0.4) is 0 Å². The van der Waals surface area contributed by atoms with Crippen molar-refractivity contribution in [2.24, 2.45) is 0 Å². The van der Waals surface area contributed by atoms with Crippen LogP contribution in [0.25, 0.3) is 0 Å². The number of likely N-dealkylation sites (N-methyl/N-ethyl adjacent to an activating group) is 1. The van der Waals surface area contributed by atoms with Gasteiger partial charge in [0.25, 0.3) is 0 Å². The zero-order valence-electron chi connectivity index (χ0n) is 9.92. The van der Waals surface area contributed by atoms with Gasteiger partial charge in [0.05, 0.1) is 19.8 Å². The van der Waals surface area contributed by atoms with Crippen molar-refractivity contribution in [2.45, 2.75) is 13.0 Å². The Hall–Kier alpha value is -0.580. The number of hydrogen-bond donors (Lipinski definition) is 1. The summed E-state index contributed by atoms with van der Waals surface area (Å²) in [6.45, 7) is 3.60. The number of methoxy groups -OCH3 is 2. The van der Waals surface area contributed by atoms with Gasteiger partial charge in [0.2, 0.25) is 0 Å². The highest BCUT2D eigenvalue weighted by Gasteiger charge is 2.15. The van der Waals surface area contributed by atoms with E-state index < -0.39 is 0 Å². The summed E-state index contributed by atoms with van der Waals surface area (Å²) in [5.74, 6) is 0.873. The van der Waals surface area contributed by atoms with Crippen LogP contribution in [-0.4, -0.2) is 27.4 Å². The van der Waals surface area contributed by atoms with Crippen molar-refractivity contribution in [3.05, 3.63) is 28.2 Å². The van der Waals surface area contributed by atoms with Gasteiger partial charge in [-0.1, -0.05) is 28.9 Å². The maximum atomic E-state index is 5.37. The average Bonchev–Trinajstić information content (AvgIpc) is 2.28. The van der Waals surface area contributed by atoms with Crippen LogP contribution in [-0.2, 0) is 4.74 Å². The molecule has 1 unspecified atom stereocenters. The lowest BCUT2D eigenvalue weighted by molar-refractivity contribution is 0.166. The molecule has 0 fully saturated rings. The highest BCUT2D eigenvalue weighted by atomic mass is 79.9. The molecule has 4 heteroatoms. The second-order valence-electron chi connectivity index (χ2n) is 3.45. The molecule has 0 amide bonds. The predicted octanol–water partition coefficient (Wildman–Crippen LogP) is 2.75. The molecular formula is C12H18BrNO2. The van der Waals surface area contributed by atoms with Gasteiger partial charge in [-0.05, 0) is 18.7 Å². The van der Waals surface area contributed by atoms with Crippen molar-refractivity contribution in [1.82, 2.24) is 5.32 Å². The molecule has 0 heterocycles. The Labute approximate surface area is 105 Å². The molecule has 0 saturated carbocycles. The van der Waals surface area contributed by atoms with Crippen molar-refractivity contribution in [3.63, 3.8) is 0 Å². The van der Waals surface area contributed by atoms with Crippen molar-refractivity contribution >= 4 is 15.9 Å². The third-order valence-corrected chi connectivity index (χ3v) is 2.85. The minimum Gasteiger partial charge on any atom is -0.496 e. The summed E-state index contributed by atoms with van der Waals surface area (Å²) in [5, 5.41) is 3.37. The number of benzene rings is 1. The van der Waals surface area contributed by atoms with Gasteiger partial charge < -0.3 is 14.8 Å². The Bertz CT molecular complexity index is 325. The summed E-state index contributed by atoms with van der Waals surface area (Å²) < 4.78 is 11.6. The van der Waals surface area contributed by atoms with E-state index in [2.05, 4.69) is 34.2 Å². The molecule has 0 radical (unpaired) electrons. The van der Waals surface area contributed by atoms with Gasteiger partial charge in [0, 0.05) is 17.1 Å². The molecule has 0 saturated heterocycles. The molecule has 1 N–H and O–H groups in total. The smallest absolute Gasteiger partial charge is 0.124 e. The maximum Gasteiger partial charge on any atom is 0.124 e. The number of rotatable bonds is 6. The fourth-order valence-corrected chi connectivity index (χ4v) is 1.98. The van der Waals surface area contributed by atoms with Crippen LogP contribution < -0.4 is 10.1 Å². The summed E-state index contributed by atoms with van der Waals surface area (Å²) in [7, 11) is 3.39. The molecular weight excluding hydrogens is 270 g/mol. The summed E-state index contributed by atoms with van der Waals surface area (Å²) in [6.07, 6.45) is 0. The van der Waals surface area contributed by atoms with Crippen LogP contribution >= 0.6 is 15.9 Å². The molecule has 0 aliphatic rings. The Morgan fingerprint density at radius 2 is 2.12 bits per heavy atom. The minimum atomic E-state index is 0.165. The first-order valence-corrected chi connectivity index (χ1v) is 6.08. The second-order valence-corrected chi connectivity index (χ2v) is 4.37. The van der Waals surface area contributed by atoms with Crippen LogP contribution in [0, 0.1) is 0 Å². The highest BCUT2D eigenvalue weighted by Crippen LogP contribution is 2.28. The zero-order valence-corrected chi connectivity index (χ0v) is 11.5. The topological polar surface area (TPSA) is 30.5 Å². The molecule has 1 atom stereocenters. The van der Waals surface area contributed by atoms with E-state index in [1.165, 1.54) is 0 Å². The molecule has 0 aliphatic heterocycles. The molecule has 1 aromatic rings. The summed E-state index contributed by atoms with van der Waals surface area (Å²) >= 11 is 3.43. The van der Waals surface area contributed by atoms with Gasteiger partial charge in [0.1, 0.15) is 5.75 Å². The van der Waals surface area contributed by atoms with E-state index in [-0.39, 0.29) is 6.04 Å². The third-order valence-electron chi connectivity index (χ3n) is 2.35. The molecule has 0 aromatic heterocycles. The lowest BCUT2D eigenvalue weighted by Crippen LogP contribution is -2.25. The van der Waals surface area contributed by atoms with Crippen LogP contribution in [0.1, 0.15) is 18.5 Å². The standard InChI is InChI=1S/C12H18BrNO2/c1-4-14-11(8-15-2)10-6-5-9(13)7-12(10)16-3/h5-7,11,14H,4,8H2,1-3H3. The average molecular weight is 288 g/mol. The molecule has 1 rings (SSSR count). The molecule has 1 aromatic carbocycles. The van der Waals surface area contributed by atoms with Crippen LogP contribution in [0.5, 0.6) is 5.75 Å². The van der Waals surface area contributed by atoms with Gasteiger partial charge >= 0.3 is 0 Å². The van der Waals surface area contributed by atoms with Gasteiger partial charge in [-0.3, -0.25) is 0 Å². The number of halogens is 1. The molecule has 0 spiro atoms. The highest BCUT2D eigenvalue weighted by molar-refractivity contribution is 9.10. The third kappa shape index (κ3) is 3.47. The van der Waals surface area contributed by atoms with Gasteiger partial charge in [-0.2, -0.15) is 0 Å². The molecule has 0 bridgehead atoms. The van der Waals surface area contributed by atoms with Crippen LogP contribution in [0.4, 0.5) is 0 Å². The Morgan fingerprint density at radius 1 is 1.38 bits per heavy atom. The quantitative estimate of drug-likeness (QED) is 0.873. The van der Waals surface area contributed by atoms with E-state index >= 15 is 0 Å².